The van der Waals surface area contributed by atoms with Crippen LogP contribution in [0.3, 0.4) is 0 Å². The number of aromatic nitrogens is 2. The molecule has 0 saturated heterocycles. The minimum Gasteiger partial charge on any atom is -0.311 e. The number of hydrogen-bond donors (Lipinski definition) is 1. The maximum absolute atomic E-state index is 4.23. The standard InChI is InChI=1S/C11H22N4/c1-4-14(3)7-6-12-8-11-9-13-15(5-2)10-11/h9-10,12H,4-8H2,1-3H3. The summed E-state index contributed by atoms with van der Waals surface area (Å²) in [6, 6.07) is 0. The Hall–Kier alpha value is -0.870. The third-order valence-electron chi connectivity index (χ3n) is 2.55. The van der Waals surface area contributed by atoms with E-state index in [-0.39, 0.29) is 0 Å². The van der Waals surface area contributed by atoms with Crippen LogP contribution in [0.25, 0.3) is 0 Å². The largest absolute Gasteiger partial charge is 0.311 e. The lowest BCUT2D eigenvalue weighted by molar-refractivity contribution is 0.349. The third kappa shape index (κ3) is 4.44. The van der Waals surface area contributed by atoms with E-state index in [0.29, 0.717) is 0 Å². The second kappa shape index (κ2) is 6.58. The Balaban J connectivity index is 2.14. The predicted molar refractivity (Wildman–Crippen MR) is 62.8 cm³/mol. The van der Waals surface area contributed by atoms with Crippen LogP contribution >= 0.6 is 0 Å². The van der Waals surface area contributed by atoms with E-state index in [1.165, 1.54) is 5.56 Å². The predicted octanol–water partition coefficient (Wildman–Crippen LogP) is 0.944. The number of nitrogens with one attached hydrogen (secondary N) is 1. The topological polar surface area (TPSA) is 33.1 Å². The van der Waals surface area contributed by atoms with Gasteiger partial charge < -0.3 is 10.2 Å². The lowest BCUT2D eigenvalue weighted by atomic mass is 10.3. The average molecular weight is 210 g/mol. The van der Waals surface area contributed by atoms with Gasteiger partial charge in [0.25, 0.3) is 0 Å². The zero-order chi connectivity index (χ0) is 11.1. The van der Waals surface area contributed by atoms with Crippen molar-refractivity contribution in [2.24, 2.45) is 0 Å². The molecular formula is C11H22N4. The van der Waals surface area contributed by atoms with E-state index < -0.39 is 0 Å². The van der Waals surface area contributed by atoms with Crippen LogP contribution in [0.5, 0.6) is 0 Å². The van der Waals surface area contributed by atoms with E-state index in [4.69, 9.17) is 0 Å². The molecule has 4 nitrogen and oxygen atoms in total. The second-order valence-electron chi connectivity index (χ2n) is 3.78. The Morgan fingerprint density at radius 3 is 2.87 bits per heavy atom. The summed E-state index contributed by atoms with van der Waals surface area (Å²) in [4.78, 5) is 2.29. The first-order chi connectivity index (χ1) is 7.26. The maximum atomic E-state index is 4.23. The molecule has 1 rings (SSSR count). The van der Waals surface area contributed by atoms with Crippen molar-refractivity contribution in [3.05, 3.63) is 18.0 Å². The van der Waals surface area contributed by atoms with Gasteiger partial charge >= 0.3 is 0 Å². The Labute approximate surface area is 92.3 Å². The molecule has 0 amide bonds. The van der Waals surface area contributed by atoms with Gasteiger partial charge in [0.2, 0.25) is 0 Å². The van der Waals surface area contributed by atoms with Crippen LogP contribution in [0.2, 0.25) is 0 Å². The molecule has 86 valence electrons. The Kier molecular flexibility index (Phi) is 5.36. The highest BCUT2D eigenvalue weighted by Gasteiger charge is 1.97. The molecule has 0 unspecified atom stereocenters. The van der Waals surface area contributed by atoms with E-state index >= 15 is 0 Å². The molecule has 0 radical (unpaired) electrons. The molecular weight excluding hydrogens is 188 g/mol. The molecule has 1 aromatic heterocycles. The van der Waals surface area contributed by atoms with Gasteiger partial charge in [0.05, 0.1) is 6.20 Å². The smallest absolute Gasteiger partial charge is 0.0534 e. The summed E-state index contributed by atoms with van der Waals surface area (Å²) in [5, 5.41) is 7.64. The molecule has 1 N–H and O–H groups in total. The van der Waals surface area contributed by atoms with Crippen molar-refractivity contribution in [2.45, 2.75) is 26.9 Å². The van der Waals surface area contributed by atoms with Crippen LogP contribution in [0.15, 0.2) is 12.4 Å². The zero-order valence-electron chi connectivity index (χ0n) is 10.0. The van der Waals surface area contributed by atoms with Gasteiger partial charge in [-0.25, -0.2) is 0 Å². The Morgan fingerprint density at radius 2 is 2.27 bits per heavy atom. The Morgan fingerprint density at radius 1 is 1.47 bits per heavy atom. The molecule has 0 spiro atoms. The molecule has 0 aliphatic carbocycles. The van der Waals surface area contributed by atoms with Gasteiger partial charge in [0, 0.05) is 37.9 Å². The summed E-state index contributed by atoms with van der Waals surface area (Å²) < 4.78 is 1.95. The van der Waals surface area contributed by atoms with E-state index in [1.807, 2.05) is 10.9 Å². The first-order valence-electron chi connectivity index (χ1n) is 5.66. The zero-order valence-corrected chi connectivity index (χ0v) is 10.0. The molecule has 0 atom stereocenters. The highest BCUT2D eigenvalue weighted by Crippen LogP contribution is 1.96. The van der Waals surface area contributed by atoms with Gasteiger partial charge in [0.1, 0.15) is 0 Å². The fraction of sp³-hybridized carbons (Fsp3) is 0.727. The van der Waals surface area contributed by atoms with Crippen LogP contribution in [0, 0.1) is 0 Å². The molecule has 0 aliphatic rings. The second-order valence-corrected chi connectivity index (χ2v) is 3.78. The van der Waals surface area contributed by atoms with Gasteiger partial charge in [0.15, 0.2) is 0 Å². The molecule has 0 fully saturated rings. The Bertz CT molecular complexity index is 269. The fourth-order valence-corrected chi connectivity index (χ4v) is 1.33. The van der Waals surface area contributed by atoms with Gasteiger partial charge in [-0.3, -0.25) is 4.68 Å². The lowest BCUT2D eigenvalue weighted by Crippen LogP contribution is -2.28. The van der Waals surface area contributed by atoms with Crippen LogP contribution in [-0.4, -0.2) is 41.4 Å². The van der Waals surface area contributed by atoms with E-state index in [1.54, 1.807) is 0 Å². The van der Waals surface area contributed by atoms with E-state index in [0.717, 1.165) is 32.7 Å². The molecule has 0 bridgehead atoms. The molecule has 0 saturated carbocycles. The van der Waals surface area contributed by atoms with Crippen LogP contribution in [0.4, 0.5) is 0 Å². The van der Waals surface area contributed by atoms with Crippen molar-refractivity contribution in [3.63, 3.8) is 0 Å². The van der Waals surface area contributed by atoms with Crippen molar-refractivity contribution in [1.29, 1.82) is 0 Å². The normalized spacial score (nSPS) is 11.2. The molecule has 0 aromatic carbocycles. The summed E-state index contributed by atoms with van der Waals surface area (Å²) in [6.07, 6.45) is 4.02. The third-order valence-corrected chi connectivity index (χ3v) is 2.55. The number of nitrogens with zero attached hydrogens (tertiary/aromatic N) is 3. The molecule has 4 heteroatoms. The molecule has 1 heterocycles. The molecule has 1 aromatic rings. The van der Waals surface area contributed by atoms with Crippen molar-refractivity contribution >= 4 is 0 Å². The SMILES string of the molecule is CCN(C)CCNCc1cnn(CC)c1. The summed E-state index contributed by atoms with van der Waals surface area (Å²) in [7, 11) is 2.14. The van der Waals surface area contributed by atoms with Crippen LogP contribution in [-0.2, 0) is 13.1 Å². The van der Waals surface area contributed by atoms with Crippen LogP contribution < -0.4 is 5.32 Å². The first kappa shape index (κ1) is 12.2. The van der Waals surface area contributed by atoms with Crippen molar-refractivity contribution in [2.75, 3.05) is 26.7 Å². The first-order valence-corrected chi connectivity index (χ1v) is 5.66. The summed E-state index contributed by atoms with van der Waals surface area (Å²) in [6.45, 7) is 9.36. The van der Waals surface area contributed by atoms with Crippen molar-refractivity contribution < 1.29 is 0 Å². The average Bonchev–Trinajstić information content (AvgIpc) is 2.72. The maximum Gasteiger partial charge on any atom is 0.0534 e. The number of aryl methyl sites for hydroxylation is 1. The highest BCUT2D eigenvalue weighted by molar-refractivity contribution is 5.02. The van der Waals surface area contributed by atoms with Gasteiger partial charge in [-0.05, 0) is 20.5 Å². The molecule has 15 heavy (non-hydrogen) atoms. The van der Waals surface area contributed by atoms with Gasteiger partial charge in [-0.1, -0.05) is 6.92 Å². The quantitative estimate of drug-likeness (QED) is 0.680. The summed E-state index contributed by atoms with van der Waals surface area (Å²) in [5.41, 5.74) is 1.26. The van der Waals surface area contributed by atoms with Crippen molar-refractivity contribution in [3.8, 4) is 0 Å². The number of rotatable bonds is 7. The van der Waals surface area contributed by atoms with E-state index in [2.05, 4.69) is 42.4 Å². The molecule has 0 aliphatic heterocycles. The van der Waals surface area contributed by atoms with Gasteiger partial charge in [-0.2, -0.15) is 5.10 Å². The summed E-state index contributed by atoms with van der Waals surface area (Å²) >= 11 is 0. The monoisotopic (exact) mass is 210 g/mol. The van der Waals surface area contributed by atoms with Crippen molar-refractivity contribution in [1.82, 2.24) is 20.0 Å². The highest BCUT2D eigenvalue weighted by atomic mass is 15.3. The number of likely N-dealkylation sites (N-methyl/N-ethyl adjacent to an activating group) is 1. The van der Waals surface area contributed by atoms with Crippen LogP contribution in [0.1, 0.15) is 19.4 Å². The summed E-state index contributed by atoms with van der Waals surface area (Å²) in [5.74, 6) is 0. The number of hydrogen-bond acceptors (Lipinski definition) is 3. The van der Waals surface area contributed by atoms with Gasteiger partial charge in [-0.15, -0.1) is 0 Å². The lowest BCUT2D eigenvalue weighted by Gasteiger charge is -2.13. The minimum atomic E-state index is 0.914. The minimum absolute atomic E-state index is 0.914. The fourth-order valence-electron chi connectivity index (χ4n) is 1.33. The van der Waals surface area contributed by atoms with E-state index in [9.17, 15) is 0 Å².